The Bertz CT molecular complexity index is 469. The van der Waals surface area contributed by atoms with Gasteiger partial charge in [-0.25, -0.2) is 4.39 Å². The van der Waals surface area contributed by atoms with Gasteiger partial charge in [-0.1, -0.05) is 6.92 Å². The lowest BCUT2D eigenvalue weighted by molar-refractivity contribution is 0.0656. The highest BCUT2D eigenvalue weighted by Crippen LogP contribution is 2.21. The fraction of sp³-hybridized carbons (Fsp3) is 0.500. The van der Waals surface area contributed by atoms with Crippen LogP contribution in [0.25, 0.3) is 0 Å². The molecule has 0 radical (unpaired) electrons. The number of carbonyl (C=O) groups excluding carboxylic acids is 1. The van der Waals surface area contributed by atoms with Gasteiger partial charge in [-0.15, -0.1) is 0 Å². The van der Waals surface area contributed by atoms with E-state index in [-0.39, 0.29) is 17.5 Å². The number of nitrogens with zero attached hydrogens (tertiary/aromatic N) is 1. The minimum absolute atomic E-state index is 0.0333. The van der Waals surface area contributed by atoms with Crippen LogP contribution in [-0.2, 0) is 0 Å². The lowest BCUT2D eigenvalue weighted by atomic mass is 9.96. The third kappa shape index (κ3) is 3.04. The average Bonchev–Trinajstić information content (AvgIpc) is 2.36. The number of amides is 1. The first-order chi connectivity index (χ1) is 9.01. The van der Waals surface area contributed by atoms with Gasteiger partial charge < -0.3 is 15.4 Å². The van der Waals surface area contributed by atoms with Crippen molar-refractivity contribution in [2.75, 3.05) is 20.2 Å². The zero-order valence-electron chi connectivity index (χ0n) is 11.2. The number of methoxy groups -OCH3 is 1. The Morgan fingerprint density at radius 2 is 2.21 bits per heavy atom. The molecule has 4 nitrogen and oxygen atoms in total. The molecular weight excluding hydrogens is 247 g/mol. The Morgan fingerprint density at radius 1 is 1.47 bits per heavy atom. The summed E-state index contributed by atoms with van der Waals surface area (Å²) in [6.45, 7) is 3.15. The second-order valence-electron chi connectivity index (χ2n) is 5.16. The molecule has 1 amide bonds. The highest BCUT2D eigenvalue weighted by molar-refractivity contribution is 5.94. The smallest absolute Gasteiger partial charge is 0.256 e. The van der Waals surface area contributed by atoms with E-state index in [1.165, 1.54) is 19.2 Å². The second kappa shape index (κ2) is 5.57. The summed E-state index contributed by atoms with van der Waals surface area (Å²) in [6, 6.07) is 4.24. The zero-order valence-corrected chi connectivity index (χ0v) is 11.2. The van der Waals surface area contributed by atoms with E-state index < -0.39 is 5.82 Å². The van der Waals surface area contributed by atoms with Crippen molar-refractivity contribution in [3.8, 4) is 5.75 Å². The van der Waals surface area contributed by atoms with Crippen molar-refractivity contribution in [3.05, 3.63) is 29.6 Å². The number of ether oxygens (including phenoxy) is 1. The molecule has 1 aliphatic rings. The van der Waals surface area contributed by atoms with Crippen LogP contribution < -0.4 is 10.5 Å². The van der Waals surface area contributed by atoms with Gasteiger partial charge >= 0.3 is 0 Å². The van der Waals surface area contributed by atoms with E-state index in [1.807, 2.05) is 6.92 Å². The minimum Gasteiger partial charge on any atom is -0.497 e. The zero-order chi connectivity index (χ0) is 14.0. The number of rotatable bonds is 2. The van der Waals surface area contributed by atoms with Crippen molar-refractivity contribution in [1.82, 2.24) is 4.90 Å². The lowest BCUT2D eigenvalue weighted by Crippen LogP contribution is -2.49. The highest BCUT2D eigenvalue weighted by Gasteiger charge is 2.27. The summed E-state index contributed by atoms with van der Waals surface area (Å²) in [5, 5.41) is 0. The Morgan fingerprint density at radius 3 is 2.79 bits per heavy atom. The molecule has 0 saturated carbocycles. The molecule has 1 fully saturated rings. The molecule has 2 rings (SSSR count). The van der Waals surface area contributed by atoms with Gasteiger partial charge in [0.1, 0.15) is 11.6 Å². The number of piperidine rings is 1. The molecule has 2 unspecified atom stereocenters. The molecule has 0 aliphatic carbocycles. The van der Waals surface area contributed by atoms with E-state index in [0.29, 0.717) is 24.8 Å². The van der Waals surface area contributed by atoms with Crippen LogP contribution in [0.1, 0.15) is 23.7 Å². The van der Waals surface area contributed by atoms with Gasteiger partial charge in [0, 0.05) is 25.2 Å². The van der Waals surface area contributed by atoms with Gasteiger partial charge in [-0.2, -0.15) is 0 Å². The summed E-state index contributed by atoms with van der Waals surface area (Å²) in [6.07, 6.45) is 0.898. The topological polar surface area (TPSA) is 55.6 Å². The Hall–Kier alpha value is -1.62. The van der Waals surface area contributed by atoms with Crippen LogP contribution in [0.2, 0.25) is 0 Å². The monoisotopic (exact) mass is 266 g/mol. The van der Waals surface area contributed by atoms with Crippen molar-refractivity contribution in [2.45, 2.75) is 19.4 Å². The number of hydrogen-bond acceptors (Lipinski definition) is 3. The highest BCUT2D eigenvalue weighted by atomic mass is 19.1. The molecule has 5 heteroatoms. The molecule has 2 atom stereocenters. The van der Waals surface area contributed by atoms with Gasteiger partial charge in [0.15, 0.2) is 0 Å². The fourth-order valence-corrected chi connectivity index (χ4v) is 2.53. The molecule has 104 valence electrons. The molecule has 19 heavy (non-hydrogen) atoms. The maximum atomic E-state index is 13.9. The van der Waals surface area contributed by atoms with Crippen molar-refractivity contribution in [2.24, 2.45) is 11.7 Å². The van der Waals surface area contributed by atoms with Gasteiger partial charge in [0.25, 0.3) is 5.91 Å². The molecule has 0 aromatic heterocycles. The van der Waals surface area contributed by atoms with Crippen LogP contribution in [0, 0.1) is 11.7 Å². The SMILES string of the molecule is COc1ccc(C(=O)N2CC(C)CC(N)C2)c(F)c1. The van der Waals surface area contributed by atoms with E-state index in [9.17, 15) is 9.18 Å². The van der Waals surface area contributed by atoms with E-state index >= 15 is 0 Å². The molecular formula is C14H19FN2O2. The third-order valence-electron chi connectivity index (χ3n) is 3.39. The standard InChI is InChI=1S/C14H19FN2O2/c1-9-5-10(16)8-17(7-9)14(18)12-4-3-11(19-2)6-13(12)15/h3-4,6,9-10H,5,7-8,16H2,1-2H3. The van der Waals surface area contributed by atoms with Gasteiger partial charge in [-0.05, 0) is 24.5 Å². The van der Waals surface area contributed by atoms with Crippen LogP contribution in [0.3, 0.4) is 0 Å². The van der Waals surface area contributed by atoms with Crippen molar-refractivity contribution >= 4 is 5.91 Å². The Labute approximate surface area is 112 Å². The molecule has 1 aromatic carbocycles. The van der Waals surface area contributed by atoms with Crippen molar-refractivity contribution in [1.29, 1.82) is 0 Å². The maximum absolute atomic E-state index is 13.9. The number of nitrogens with two attached hydrogens (primary N) is 1. The molecule has 1 aromatic rings. The predicted octanol–water partition coefficient (Wildman–Crippen LogP) is 1.64. The first kappa shape index (κ1) is 13.8. The lowest BCUT2D eigenvalue weighted by Gasteiger charge is -2.34. The normalized spacial score (nSPS) is 23.3. The molecule has 0 bridgehead atoms. The fourth-order valence-electron chi connectivity index (χ4n) is 2.53. The first-order valence-electron chi connectivity index (χ1n) is 6.39. The number of halogens is 1. The molecule has 1 saturated heterocycles. The Balaban J connectivity index is 2.19. The summed E-state index contributed by atoms with van der Waals surface area (Å²) in [5.41, 5.74) is 5.98. The molecule has 1 heterocycles. The van der Waals surface area contributed by atoms with Crippen LogP contribution in [0.5, 0.6) is 5.75 Å². The molecule has 0 spiro atoms. The summed E-state index contributed by atoms with van der Waals surface area (Å²) >= 11 is 0. The van der Waals surface area contributed by atoms with E-state index in [1.54, 1.807) is 11.0 Å². The van der Waals surface area contributed by atoms with E-state index in [4.69, 9.17) is 10.5 Å². The number of likely N-dealkylation sites (tertiary alicyclic amines) is 1. The van der Waals surface area contributed by atoms with Crippen LogP contribution >= 0.6 is 0 Å². The number of hydrogen-bond donors (Lipinski definition) is 1. The molecule has 2 N–H and O–H groups in total. The van der Waals surface area contributed by atoms with E-state index in [0.717, 1.165) is 6.42 Å². The summed E-state index contributed by atoms with van der Waals surface area (Å²) in [4.78, 5) is 13.9. The minimum atomic E-state index is -0.559. The average molecular weight is 266 g/mol. The van der Waals surface area contributed by atoms with Gasteiger partial charge in [0.05, 0.1) is 12.7 Å². The van der Waals surface area contributed by atoms with E-state index in [2.05, 4.69) is 0 Å². The number of carbonyl (C=O) groups is 1. The largest absolute Gasteiger partial charge is 0.497 e. The first-order valence-corrected chi connectivity index (χ1v) is 6.39. The predicted molar refractivity (Wildman–Crippen MR) is 70.6 cm³/mol. The van der Waals surface area contributed by atoms with Crippen LogP contribution in [-0.4, -0.2) is 37.0 Å². The van der Waals surface area contributed by atoms with Gasteiger partial charge in [0.2, 0.25) is 0 Å². The summed E-state index contributed by atoms with van der Waals surface area (Å²) in [7, 11) is 1.46. The third-order valence-corrected chi connectivity index (χ3v) is 3.39. The Kier molecular flexibility index (Phi) is 4.04. The van der Waals surface area contributed by atoms with Crippen LogP contribution in [0.15, 0.2) is 18.2 Å². The molecule has 1 aliphatic heterocycles. The van der Waals surface area contributed by atoms with Crippen molar-refractivity contribution in [3.63, 3.8) is 0 Å². The summed E-state index contributed by atoms with van der Waals surface area (Å²) in [5.74, 6) is -0.120. The maximum Gasteiger partial charge on any atom is 0.256 e. The van der Waals surface area contributed by atoms with Crippen LogP contribution in [0.4, 0.5) is 4.39 Å². The quantitative estimate of drug-likeness (QED) is 0.885. The number of benzene rings is 1. The van der Waals surface area contributed by atoms with Gasteiger partial charge in [-0.3, -0.25) is 4.79 Å². The second-order valence-corrected chi connectivity index (χ2v) is 5.16. The summed E-state index contributed by atoms with van der Waals surface area (Å²) < 4.78 is 18.8. The van der Waals surface area contributed by atoms with Crippen molar-refractivity contribution < 1.29 is 13.9 Å².